The van der Waals surface area contributed by atoms with E-state index >= 15 is 0 Å². The molecule has 88 valence electrons. The smallest absolute Gasteiger partial charge is 0.0704 e. The summed E-state index contributed by atoms with van der Waals surface area (Å²) in [5, 5.41) is 0. The van der Waals surface area contributed by atoms with Gasteiger partial charge in [-0.05, 0) is 29.5 Å². The van der Waals surface area contributed by atoms with Crippen LogP contribution in [0.15, 0.2) is 48.7 Å². The minimum absolute atomic E-state index is 0.215. The van der Waals surface area contributed by atoms with Crippen LogP contribution in [0.25, 0.3) is 11.3 Å². The molecule has 0 aliphatic rings. The molecule has 0 aliphatic heterocycles. The third kappa shape index (κ3) is 2.55. The van der Waals surface area contributed by atoms with E-state index in [1.165, 1.54) is 11.1 Å². The highest BCUT2D eigenvalue weighted by Crippen LogP contribution is 2.28. The molecule has 0 amide bonds. The molecule has 0 fully saturated rings. The van der Waals surface area contributed by atoms with Gasteiger partial charge < -0.3 is 0 Å². The molecule has 2 rings (SSSR count). The van der Waals surface area contributed by atoms with Crippen LogP contribution in [-0.2, 0) is 5.41 Å². The maximum absolute atomic E-state index is 4.46. The van der Waals surface area contributed by atoms with Crippen LogP contribution in [0.5, 0.6) is 0 Å². The Kier molecular flexibility index (Phi) is 3.28. The van der Waals surface area contributed by atoms with E-state index in [1.807, 2.05) is 12.3 Å². The fourth-order valence-electron chi connectivity index (χ4n) is 1.82. The highest BCUT2D eigenvalue weighted by molar-refractivity contribution is 5.59. The number of pyridine rings is 1. The van der Waals surface area contributed by atoms with E-state index in [0.717, 1.165) is 12.1 Å². The van der Waals surface area contributed by atoms with Crippen LogP contribution in [-0.4, -0.2) is 4.98 Å². The lowest BCUT2D eigenvalue weighted by molar-refractivity contribution is 0.506. The van der Waals surface area contributed by atoms with Crippen molar-refractivity contribution < 1.29 is 0 Å². The molecule has 1 aromatic heterocycles. The van der Waals surface area contributed by atoms with Gasteiger partial charge in [-0.15, -0.1) is 0 Å². The van der Waals surface area contributed by atoms with Crippen LogP contribution >= 0.6 is 0 Å². The Morgan fingerprint density at radius 1 is 1.06 bits per heavy atom. The Bertz CT molecular complexity index is 486. The number of nitrogens with zero attached hydrogens (tertiary/aromatic N) is 1. The maximum Gasteiger partial charge on any atom is 0.0704 e. The summed E-state index contributed by atoms with van der Waals surface area (Å²) in [7, 11) is 0. The van der Waals surface area contributed by atoms with Gasteiger partial charge in [0.2, 0.25) is 0 Å². The van der Waals surface area contributed by atoms with E-state index in [0.29, 0.717) is 0 Å². The summed E-state index contributed by atoms with van der Waals surface area (Å²) >= 11 is 0. The van der Waals surface area contributed by atoms with Gasteiger partial charge >= 0.3 is 0 Å². The van der Waals surface area contributed by atoms with Gasteiger partial charge in [0, 0.05) is 11.8 Å². The second-order valence-corrected chi connectivity index (χ2v) is 5.03. The topological polar surface area (TPSA) is 12.9 Å². The second-order valence-electron chi connectivity index (χ2n) is 5.03. The second kappa shape index (κ2) is 4.70. The van der Waals surface area contributed by atoms with Crippen molar-refractivity contribution in [1.82, 2.24) is 4.98 Å². The molecule has 2 aromatic rings. The van der Waals surface area contributed by atoms with Gasteiger partial charge in [0.15, 0.2) is 0 Å². The van der Waals surface area contributed by atoms with E-state index in [9.17, 15) is 0 Å². The van der Waals surface area contributed by atoms with Gasteiger partial charge in [0.25, 0.3) is 0 Å². The molecule has 1 aromatic carbocycles. The quantitative estimate of drug-likeness (QED) is 0.752. The van der Waals surface area contributed by atoms with E-state index in [4.69, 9.17) is 0 Å². The summed E-state index contributed by atoms with van der Waals surface area (Å²) in [5.41, 5.74) is 3.81. The number of aromatic nitrogens is 1. The van der Waals surface area contributed by atoms with E-state index < -0.39 is 0 Å². The first-order valence-electron chi connectivity index (χ1n) is 6.15. The van der Waals surface area contributed by atoms with Gasteiger partial charge in [-0.1, -0.05) is 51.1 Å². The first-order valence-corrected chi connectivity index (χ1v) is 6.15. The largest absolute Gasteiger partial charge is 0.256 e. The van der Waals surface area contributed by atoms with Crippen molar-refractivity contribution in [1.29, 1.82) is 0 Å². The summed E-state index contributed by atoms with van der Waals surface area (Å²) in [5.74, 6) is 0. The monoisotopic (exact) mass is 225 g/mol. The third-order valence-corrected chi connectivity index (χ3v) is 3.49. The van der Waals surface area contributed by atoms with Crippen molar-refractivity contribution in [3.05, 3.63) is 54.2 Å². The Labute approximate surface area is 104 Å². The molecule has 0 spiro atoms. The summed E-state index contributed by atoms with van der Waals surface area (Å²) in [6, 6.07) is 14.7. The summed E-state index contributed by atoms with van der Waals surface area (Å²) in [6.45, 7) is 6.77. The molecule has 0 N–H and O–H groups in total. The third-order valence-electron chi connectivity index (χ3n) is 3.49. The molecule has 1 heterocycles. The average molecular weight is 225 g/mol. The zero-order valence-electron chi connectivity index (χ0n) is 10.8. The molecule has 1 heteroatoms. The van der Waals surface area contributed by atoms with E-state index in [2.05, 4.69) is 62.2 Å². The Hall–Kier alpha value is -1.63. The summed E-state index contributed by atoms with van der Waals surface area (Å²) in [4.78, 5) is 4.46. The number of hydrogen-bond donors (Lipinski definition) is 0. The van der Waals surface area contributed by atoms with E-state index in [-0.39, 0.29) is 5.41 Å². The summed E-state index contributed by atoms with van der Waals surface area (Å²) in [6.07, 6.45) is 3.04. The standard InChI is InChI=1S/C16H19N/c1-4-16(2,3)14-10-11-17-15(12-14)13-8-6-5-7-9-13/h5-12H,4H2,1-3H3. The lowest BCUT2D eigenvalue weighted by Crippen LogP contribution is -2.15. The Morgan fingerprint density at radius 2 is 1.76 bits per heavy atom. The lowest BCUT2D eigenvalue weighted by Gasteiger charge is -2.23. The molecule has 0 atom stereocenters. The first kappa shape index (κ1) is 11.8. The van der Waals surface area contributed by atoms with Gasteiger partial charge in [-0.3, -0.25) is 4.98 Å². The summed E-state index contributed by atoms with van der Waals surface area (Å²) < 4.78 is 0. The molecular weight excluding hydrogens is 206 g/mol. The zero-order valence-corrected chi connectivity index (χ0v) is 10.8. The molecule has 1 nitrogen and oxygen atoms in total. The van der Waals surface area contributed by atoms with Crippen molar-refractivity contribution in [3.63, 3.8) is 0 Å². The predicted octanol–water partition coefficient (Wildman–Crippen LogP) is 4.44. The molecule has 0 saturated carbocycles. The SMILES string of the molecule is CCC(C)(C)c1ccnc(-c2ccccc2)c1. The van der Waals surface area contributed by atoms with Crippen LogP contribution < -0.4 is 0 Å². The zero-order chi connectivity index (χ0) is 12.3. The van der Waals surface area contributed by atoms with Crippen LogP contribution in [0.2, 0.25) is 0 Å². The maximum atomic E-state index is 4.46. The fourth-order valence-corrected chi connectivity index (χ4v) is 1.82. The van der Waals surface area contributed by atoms with Crippen LogP contribution in [0.1, 0.15) is 32.8 Å². The molecule has 0 saturated heterocycles. The fraction of sp³-hybridized carbons (Fsp3) is 0.312. The first-order chi connectivity index (χ1) is 8.13. The molecule has 0 unspecified atom stereocenters. The number of benzene rings is 1. The average Bonchev–Trinajstić information content (AvgIpc) is 2.40. The highest BCUT2D eigenvalue weighted by Gasteiger charge is 2.18. The lowest BCUT2D eigenvalue weighted by atomic mass is 9.82. The predicted molar refractivity (Wildman–Crippen MR) is 73.0 cm³/mol. The normalized spacial score (nSPS) is 11.5. The molecule has 0 bridgehead atoms. The molecule has 17 heavy (non-hydrogen) atoms. The van der Waals surface area contributed by atoms with Crippen molar-refractivity contribution in [2.45, 2.75) is 32.6 Å². The van der Waals surface area contributed by atoms with Crippen LogP contribution in [0.3, 0.4) is 0 Å². The molecule has 0 radical (unpaired) electrons. The van der Waals surface area contributed by atoms with Gasteiger partial charge in [-0.2, -0.15) is 0 Å². The Balaban J connectivity index is 2.42. The van der Waals surface area contributed by atoms with Gasteiger partial charge in [0.05, 0.1) is 5.69 Å². The van der Waals surface area contributed by atoms with Crippen molar-refractivity contribution in [2.24, 2.45) is 0 Å². The van der Waals surface area contributed by atoms with Crippen molar-refractivity contribution in [2.75, 3.05) is 0 Å². The number of rotatable bonds is 3. The minimum atomic E-state index is 0.215. The van der Waals surface area contributed by atoms with Crippen molar-refractivity contribution in [3.8, 4) is 11.3 Å². The van der Waals surface area contributed by atoms with Gasteiger partial charge in [-0.25, -0.2) is 0 Å². The van der Waals surface area contributed by atoms with Crippen LogP contribution in [0.4, 0.5) is 0 Å². The van der Waals surface area contributed by atoms with Crippen molar-refractivity contribution >= 4 is 0 Å². The minimum Gasteiger partial charge on any atom is -0.256 e. The molecular formula is C16H19N. The molecule has 0 aliphatic carbocycles. The Morgan fingerprint density at radius 3 is 2.41 bits per heavy atom. The van der Waals surface area contributed by atoms with Crippen LogP contribution in [0, 0.1) is 0 Å². The van der Waals surface area contributed by atoms with Gasteiger partial charge in [0.1, 0.15) is 0 Å². The van der Waals surface area contributed by atoms with E-state index in [1.54, 1.807) is 0 Å². The number of hydrogen-bond acceptors (Lipinski definition) is 1. The highest BCUT2D eigenvalue weighted by atomic mass is 14.7.